The normalized spacial score (nSPS) is 11.8. The van der Waals surface area contributed by atoms with E-state index in [1.54, 1.807) is 19.1 Å². The SMILES string of the molecule is Cc1cc(OC(C)C(=O)Nc2ccccc2Br)ccc1Cl. The highest BCUT2D eigenvalue weighted by Crippen LogP contribution is 2.23. The van der Waals surface area contributed by atoms with Crippen molar-refractivity contribution >= 4 is 39.1 Å². The van der Waals surface area contributed by atoms with E-state index >= 15 is 0 Å². The number of amides is 1. The van der Waals surface area contributed by atoms with Gasteiger partial charge in [0.2, 0.25) is 0 Å². The van der Waals surface area contributed by atoms with Crippen molar-refractivity contribution < 1.29 is 9.53 Å². The van der Waals surface area contributed by atoms with Crippen LogP contribution in [-0.4, -0.2) is 12.0 Å². The Balaban J connectivity index is 2.02. The van der Waals surface area contributed by atoms with Crippen LogP contribution in [0.25, 0.3) is 0 Å². The lowest BCUT2D eigenvalue weighted by molar-refractivity contribution is -0.122. The number of ether oxygens (including phenoxy) is 1. The van der Waals surface area contributed by atoms with Crippen molar-refractivity contribution in [1.29, 1.82) is 0 Å². The molecule has 0 saturated carbocycles. The molecule has 0 aliphatic heterocycles. The number of hydrogen-bond donors (Lipinski definition) is 1. The van der Waals surface area contributed by atoms with Crippen LogP contribution in [-0.2, 0) is 4.79 Å². The highest BCUT2D eigenvalue weighted by molar-refractivity contribution is 9.10. The molecule has 0 fully saturated rings. The van der Waals surface area contributed by atoms with Crippen molar-refractivity contribution in [2.24, 2.45) is 0 Å². The first-order valence-corrected chi connectivity index (χ1v) is 7.62. The summed E-state index contributed by atoms with van der Waals surface area (Å²) in [5.74, 6) is 0.404. The number of halogens is 2. The molecule has 1 N–H and O–H groups in total. The molecule has 0 spiro atoms. The molecule has 21 heavy (non-hydrogen) atoms. The van der Waals surface area contributed by atoms with E-state index in [0.717, 1.165) is 10.0 Å². The summed E-state index contributed by atoms with van der Waals surface area (Å²) in [5, 5.41) is 3.49. The largest absolute Gasteiger partial charge is 0.481 e. The minimum Gasteiger partial charge on any atom is -0.481 e. The first kappa shape index (κ1) is 15.9. The second-order valence-corrected chi connectivity index (χ2v) is 5.90. The molecular weight excluding hydrogens is 354 g/mol. The quantitative estimate of drug-likeness (QED) is 0.840. The van der Waals surface area contributed by atoms with Crippen LogP contribution < -0.4 is 10.1 Å². The van der Waals surface area contributed by atoms with E-state index < -0.39 is 6.10 Å². The Bertz CT molecular complexity index is 660. The van der Waals surface area contributed by atoms with E-state index in [1.165, 1.54) is 0 Å². The Labute approximate surface area is 137 Å². The number of para-hydroxylation sites is 1. The van der Waals surface area contributed by atoms with E-state index in [4.69, 9.17) is 16.3 Å². The van der Waals surface area contributed by atoms with Gasteiger partial charge in [0.25, 0.3) is 5.91 Å². The first-order chi connectivity index (χ1) is 9.97. The van der Waals surface area contributed by atoms with Gasteiger partial charge in [-0.3, -0.25) is 4.79 Å². The van der Waals surface area contributed by atoms with Gasteiger partial charge in [-0.05, 0) is 65.7 Å². The van der Waals surface area contributed by atoms with Gasteiger partial charge < -0.3 is 10.1 Å². The number of rotatable bonds is 4. The molecule has 5 heteroatoms. The Morgan fingerprint density at radius 2 is 2.00 bits per heavy atom. The Kier molecular flexibility index (Phi) is 5.26. The smallest absolute Gasteiger partial charge is 0.265 e. The van der Waals surface area contributed by atoms with Gasteiger partial charge >= 0.3 is 0 Å². The van der Waals surface area contributed by atoms with Crippen LogP contribution in [0.1, 0.15) is 12.5 Å². The summed E-state index contributed by atoms with van der Waals surface area (Å²) in [5.41, 5.74) is 1.62. The van der Waals surface area contributed by atoms with Crippen LogP contribution >= 0.6 is 27.5 Å². The molecule has 1 atom stereocenters. The fourth-order valence-electron chi connectivity index (χ4n) is 1.75. The van der Waals surface area contributed by atoms with Crippen LogP contribution in [0.4, 0.5) is 5.69 Å². The second kappa shape index (κ2) is 6.96. The maximum Gasteiger partial charge on any atom is 0.265 e. The number of benzene rings is 2. The number of nitrogens with one attached hydrogen (secondary N) is 1. The Hall–Kier alpha value is -1.52. The zero-order valence-electron chi connectivity index (χ0n) is 11.7. The van der Waals surface area contributed by atoms with Crippen molar-refractivity contribution in [2.45, 2.75) is 20.0 Å². The number of anilines is 1. The van der Waals surface area contributed by atoms with Gasteiger partial charge in [-0.1, -0.05) is 23.7 Å². The van der Waals surface area contributed by atoms with E-state index in [0.29, 0.717) is 16.5 Å². The summed E-state index contributed by atoms with van der Waals surface area (Å²) >= 11 is 9.35. The van der Waals surface area contributed by atoms with Crippen molar-refractivity contribution in [1.82, 2.24) is 0 Å². The van der Waals surface area contributed by atoms with E-state index in [2.05, 4.69) is 21.2 Å². The highest BCUT2D eigenvalue weighted by atomic mass is 79.9. The second-order valence-electron chi connectivity index (χ2n) is 4.64. The van der Waals surface area contributed by atoms with Gasteiger partial charge in [-0.15, -0.1) is 0 Å². The van der Waals surface area contributed by atoms with Gasteiger partial charge in [0.1, 0.15) is 5.75 Å². The number of hydrogen-bond acceptors (Lipinski definition) is 2. The van der Waals surface area contributed by atoms with Crippen LogP contribution in [0.2, 0.25) is 5.02 Å². The minimum absolute atomic E-state index is 0.213. The minimum atomic E-state index is -0.613. The maximum atomic E-state index is 12.1. The van der Waals surface area contributed by atoms with E-state index in [-0.39, 0.29) is 5.91 Å². The van der Waals surface area contributed by atoms with Gasteiger partial charge in [0.05, 0.1) is 5.69 Å². The molecule has 1 amide bonds. The molecule has 0 aromatic heterocycles. The molecule has 0 bridgehead atoms. The fourth-order valence-corrected chi connectivity index (χ4v) is 2.25. The molecule has 0 aliphatic rings. The van der Waals surface area contributed by atoms with Crippen LogP contribution in [0.3, 0.4) is 0 Å². The molecule has 1 unspecified atom stereocenters. The number of aryl methyl sites for hydroxylation is 1. The van der Waals surface area contributed by atoms with Crippen molar-refractivity contribution in [3.05, 3.63) is 57.5 Å². The average Bonchev–Trinajstić information content (AvgIpc) is 2.45. The predicted octanol–water partition coefficient (Wildman–Crippen LogP) is 4.82. The first-order valence-electron chi connectivity index (χ1n) is 6.45. The third-order valence-electron chi connectivity index (χ3n) is 2.94. The molecule has 0 heterocycles. The maximum absolute atomic E-state index is 12.1. The topological polar surface area (TPSA) is 38.3 Å². The van der Waals surface area contributed by atoms with Crippen molar-refractivity contribution in [3.63, 3.8) is 0 Å². The molecule has 0 radical (unpaired) electrons. The Morgan fingerprint density at radius 3 is 2.67 bits per heavy atom. The lowest BCUT2D eigenvalue weighted by Crippen LogP contribution is -2.30. The average molecular weight is 369 g/mol. The molecule has 2 aromatic carbocycles. The monoisotopic (exact) mass is 367 g/mol. The van der Waals surface area contributed by atoms with Crippen molar-refractivity contribution in [3.8, 4) is 5.75 Å². The fraction of sp³-hybridized carbons (Fsp3) is 0.188. The van der Waals surface area contributed by atoms with Gasteiger partial charge in [-0.25, -0.2) is 0 Å². The van der Waals surface area contributed by atoms with Crippen LogP contribution in [0, 0.1) is 6.92 Å². The predicted molar refractivity (Wildman–Crippen MR) is 89.1 cm³/mol. The number of carbonyl (C=O) groups is 1. The molecule has 2 rings (SSSR count). The van der Waals surface area contributed by atoms with Gasteiger partial charge in [0, 0.05) is 9.50 Å². The molecule has 3 nitrogen and oxygen atoms in total. The summed E-state index contributed by atoms with van der Waals surface area (Å²) in [6.07, 6.45) is -0.613. The molecule has 0 aliphatic carbocycles. The number of carbonyl (C=O) groups excluding carboxylic acids is 1. The molecular formula is C16H15BrClNO2. The summed E-state index contributed by atoms with van der Waals surface area (Å²) < 4.78 is 6.46. The third kappa shape index (κ3) is 4.22. The third-order valence-corrected chi connectivity index (χ3v) is 4.06. The Morgan fingerprint density at radius 1 is 1.29 bits per heavy atom. The zero-order chi connectivity index (χ0) is 15.4. The lowest BCUT2D eigenvalue weighted by Gasteiger charge is -2.16. The molecule has 0 saturated heterocycles. The molecule has 2 aromatic rings. The zero-order valence-corrected chi connectivity index (χ0v) is 14.0. The van der Waals surface area contributed by atoms with Crippen molar-refractivity contribution in [2.75, 3.05) is 5.32 Å². The van der Waals surface area contributed by atoms with E-state index in [1.807, 2.05) is 37.3 Å². The van der Waals surface area contributed by atoms with E-state index in [9.17, 15) is 4.79 Å². The lowest BCUT2D eigenvalue weighted by atomic mass is 10.2. The summed E-state index contributed by atoms with van der Waals surface area (Å²) in [7, 11) is 0. The van der Waals surface area contributed by atoms with Gasteiger partial charge in [0.15, 0.2) is 6.10 Å². The highest BCUT2D eigenvalue weighted by Gasteiger charge is 2.16. The molecule has 110 valence electrons. The van der Waals surface area contributed by atoms with Gasteiger partial charge in [-0.2, -0.15) is 0 Å². The van der Waals surface area contributed by atoms with Crippen LogP contribution in [0.5, 0.6) is 5.75 Å². The summed E-state index contributed by atoms with van der Waals surface area (Å²) in [6.45, 7) is 3.59. The summed E-state index contributed by atoms with van der Waals surface area (Å²) in [4.78, 5) is 12.1. The van der Waals surface area contributed by atoms with Crippen LogP contribution in [0.15, 0.2) is 46.9 Å². The standard InChI is InChI=1S/C16H15BrClNO2/c1-10-9-12(7-8-14(10)18)21-11(2)16(20)19-15-6-4-3-5-13(15)17/h3-9,11H,1-2H3,(H,19,20). The summed E-state index contributed by atoms with van der Waals surface area (Å²) in [6, 6.07) is 12.7.